The van der Waals surface area contributed by atoms with Crippen LogP contribution in [0, 0.1) is 0 Å². The number of hydrogen-bond donors (Lipinski definition) is 0. The van der Waals surface area contributed by atoms with Crippen molar-refractivity contribution >= 4 is 8.80 Å². The topological polar surface area (TPSA) is 0 Å². The average molecular weight is 198 g/mol. The van der Waals surface area contributed by atoms with Crippen molar-refractivity contribution in [2.45, 2.75) is 19.4 Å². The Morgan fingerprint density at radius 2 is 1.54 bits per heavy atom. The van der Waals surface area contributed by atoms with Crippen molar-refractivity contribution in [2.75, 3.05) is 0 Å². The second-order valence-corrected chi connectivity index (χ2v) is 6.40. The fourth-order valence-corrected chi connectivity index (χ4v) is 4.06. The maximum Gasteiger partial charge on any atom is 1.00 e. The van der Waals surface area contributed by atoms with E-state index in [4.69, 9.17) is 0 Å². The summed E-state index contributed by atoms with van der Waals surface area (Å²) in [5, 5.41) is 3.40. The van der Waals surface area contributed by atoms with Gasteiger partial charge < -0.3 is 1.43 Å². The van der Waals surface area contributed by atoms with Crippen LogP contribution in [0.3, 0.4) is 0 Å². The van der Waals surface area contributed by atoms with Crippen LogP contribution in [0.4, 0.5) is 0 Å². The van der Waals surface area contributed by atoms with Gasteiger partial charge in [0.1, 0.15) is 0 Å². The van der Waals surface area contributed by atoms with E-state index in [1.165, 1.54) is 12.8 Å². The van der Waals surface area contributed by atoms with Crippen LogP contribution in [0.1, 0.15) is 14.3 Å². The minimum atomic E-state index is -0.710. The third-order valence-electron chi connectivity index (χ3n) is 2.71. The number of rotatable bonds is 2. The molecule has 0 aromatic rings. The molecule has 0 saturated heterocycles. The molecule has 2 aliphatic carbocycles. The maximum absolute atomic E-state index is 2.44. The van der Waals surface area contributed by atoms with Crippen molar-refractivity contribution in [1.29, 1.82) is 0 Å². The summed E-state index contributed by atoms with van der Waals surface area (Å²) in [4.78, 5) is 0. The van der Waals surface area contributed by atoms with Crippen molar-refractivity contribution in [3.05, 3.63) is 46.8 Å². The molecule has 0 N–H and O–H groups in total. The van der Waals surface area contributed by atoms with Gasteiger partial charge in [0, 0.05) is 0 Å². The summed E-state index contributed by atoms with van der Waals surface area (Å²) >= 11 is 0. The largest absolute Gasteiger partial charge is 1.00 e. The van der Waals surface area contributed by atoms with Crippen molar-refractivity contribution < 1.29 is 31.0 Å². The molecule has 0 bridgehead atoms. The van der Waals surface area contributed by atoms with Gasteiger partial charge in [-0.25, -0.2) is 0 Å². The van der Waals surface area contributed by atoms with Crippen LogP contribution >= 0.6 is 0 Å². The molecule has 0 spiro atoms. The number of hydrogen-bond acceptors (Lipinski definition) is 0. The SMILES string of the molecule is C[SiH](C1=CC=CC1)C1=CC=CC1.[H-].[Na+]. The monoisotopic (exact) mass is 198 g/mol. The van der Waals surface area contributed by atoms with E-state index in [0.717, 1.165) is 0 Å². The summed E-state index contributed by atoms with van der Waals surface area (Å²) in [6.45, 7) is 2.44. The van der Waals surface area contributed by atoms with E-state index in [-0.39, 0.29) is 31.0 Å². The molecular weight excluding hydrogens is 183 g/mol. The van der Waals surface area contributed by atoms with Crippen molar-refractivity contribution in [1.82, 2.24) is 0 Å². The Hall–Kier alpha value is 0.177. The van der Waals surface area contributed by atoms with Crippen molar-refractivity contribution in [2.24, 2.45) is 0 Å². The molecule has 0 saturated carbocycles. The van der Waals surface area contributed by atoms with Gasteiger partial charge in [-0.1, -0.05) is 53.4 Å². The van der Waals surface area contributed by atoms with Gasteiger partial charge in [0.25, 0.3) is 0 Å². The van der Waals surface area contributed by atoms with E-state index >= 15 is 0 Å². The Balaban J connectivity index is 0.000000845. The second-order valence-electron chi connectivity index (χ2n) is 3.47. The first-order valence-corrected chi connectivity index (χ1v) is 6.90. The number of allylic oxidation sites excluding steroid dienone is 8. The van der Waals surface area contributed by atoms with Crippen LogP contribution < -0.4 is 29.6 Å². The summed E-state index contributed by atoms with van der Waals surface area (Å²) in [7, 11) is -0.710. The third kappa shape index (κ3) is 2.56. The molecule has 0 heterocycles. The van der Waals surface area contributed by atoms with Gasteiger partial charge in [-0.3, -0.25) is 0 Å². The van der Waals surface area contributed by atoms with E-state index in [9.17, 15) is 0 Å². The molecule has 0 aromatic heterocycles. The first-order chi connectivity index (χ1) is 5.88. The zero-order valence-corrected chi connectivity index (χ0v) is 11.6. The minimum absolute atomic E-state index is 0. The standard InChI is InChI=1S/C11H14Si.Na.H/c1-12(10-6-2-3-7-10)11-8-4-5-9-11;;/h2-6,8,12H,7,9H2,1H3;;/q;+1;-1. The molecule has 0 fully saturated rings. The zero-order valence-electron chi connectivity index (χ0n) is 9.46. The molecular formula is C11H15NaSi. The van der Waals surface area contributed by atoms with Crippen molar-refractivity contribution in [3.63, 3.8) is 0 Å². The Bertz CT molecular complexity index is 272. The Morgan fingerprint density at radius 3 is 1.85 bits per heavy atom. The fourth-order valence-electron chi connectivity index (χ4n) is 1.81. The molecule has 0 aliphatic heterocycles. The van der Waals surface area contributed by atoms with E-state index in [0.29, 0.717) is 0 Å². The van der Waals surface area contributed by atoms with E-state index in [2.05, 4.69) is 43.0 Å². The Kier molecular flexibility index (Phi) is 4.46. The molecule has 64 valence electrons. The summed E-state index contributed by atoms with van der Waals surface area (Å²) in [5.74, 6) is 0. The van der Waals surface area contributed by atoms with E-state index in [1.807, 2.05) is 0 Å². The first kappa shape index (κ1) is 11.3. The molecule has 2 heteroatoms. The quantitative estimate of drug-likeness (QED) is 0.540. The van der Waals surface area contributed by atoms with Gasteiger partial charge in [-0.05, 0) is 12.8 Å². The van der Waals surface area contributed by atoms with Crippen LogP contribution in [0.5, 0.6) is 0 Å². The van der Waals surface area contributed by atoms with Gasteiger partial charge in [0.15, 0.2) is 0 Å². The second kappa shape index (κ2) is 5.16. The normalized spacial score (nSPS) is 18.9. The molecule has 0 amide bonds. The molecule has 13 heavy (non-hydrogen) atoms. The fraction of sp³-hybridized carbons (Fsp3) is 0.273. The van der Waals surface area contributed by atoms with Gasteiger partial charge in [0.2, 0.25) is 0 Å². The summed E-state index contributed by atoms with van der Waals surface area (Å²) in [5.41, 5.74) is 0. The molecule has 0 unspecified atom stereocenters. The van der Waals surface area contributed by atoms with Crippen LogP contribution in [0.25, 0.3) is 0 Å². The van der Waals surface area contributed by atoms with Crippen LogP contribution in [-0.2, 0) is 0 Å². The van der Waals surface area contributed by atoms with Gasteiger partial charge >= 0.3 is 29.6 Å². The molecule has 0 atom stereocenters. The van der Waals surface area contributed by atoms with Crippen LogP contribution in [-0.4, -0.2) is 8.80 Å². The Labute approximate surface area is 105 Å². The van der Waals surface area contributed by atoms with Gasteiger partial charge in [-0.2, -0.15) is 0 Å². The predicted octanol–water partition coefficient (Wildman–Crippen LogP) is -0.189. The molecule has 0 nitrogen and oxygen atoms in total. The van der Waals surface area contributed by atoms with E-state index in [1.54, 1.807) is 10.4 Å². The molecule has 0 aromatic carbocycles. The molecule has 2 rings (SSSR count). The predicted molar refractivity (Wildman–Crippen MR) is 57.8 cm³/mol. The van der Waals surface area contributed by atoms with Gasteiger partial charge in [-0.15, -0.1) is 0 Å². The van der Waals surface area contributed by atoms with Gasteiger partial charge in [0.05, 0.1) is 8.80 Å². The smallest absolute Gasteiger partial charge is 1.00 e. The minimum Gasteiger partial charge on any atom is -1.00 e. The first-order valence-electron chi connectivity index (χ1n) is 4.59. The summed E-state index contributed by atoms with van der Waals surface area (Å²) in [6, 6.07) is 0. The van der Waals surface area contributed by atoms with Crippen LogP contribution in [0.15, 0.2) is 46.8 Å². The zero-order chi connectivity index (χ0) is 8.39. The summed E-state index contributed by atoms with van der Waals surface area (Å²) < 4.78 is 0. The van der Waals surface area contributed by atoms with Crippen LogP contribution in [0.2, 0.25) is 6.55 Å². The molecule has 0 radical (unpaired) electrons. The van der Waals surface area contributed by atoms with Crippen molar-refractivity contribution in [3.8, 4) is 0 Å². The Morgan fingerprint density at radius 1 is 1.08 bits per heavy atom. The average Bonchev–Trinajstić information content (AvgIpc) is 2.77. The summed E-state index contributed by atoms with van der Waals surface area (Å²) in [6.07, 6.45) is 16.0. The molecule has 2 aliphatic rings. The third-order valence-corrected chi connectivity index (χ3v) is 5.79. The van der Waals surface area contributed by atoms with E-state index < -0.39 is 8.80 Å². The maximum atomic E-state index is 2.44.